The maximum atomic E-state index is 13.8. The van der Waals surface area contributed by atoms with Crippen LogP contribution in [0.4, 0.5) is 47.8 Å². The molecule has 3 amide bonds. The third kappa shape index (κ3) is 9.20. The maximum absolute atomic E-state index is 13.8. The van der Waals surface area contributed by atoms with E-state index in [1.54, 1.807) is 25.2 Å². The first-order chi connectivity index (χ1) is 23.5. The number of nitrogens with two attached hydrogens (primary N) is 1. The zero-order chi connectivity index (χ0) is 36.8. The zero-order valence-electron chi connectivity index (χ0n) is 26.7. The van der Waals surface area contributed by atoms with Crippen molar-refractivity contribution in [1.82, 2.24) is 5.32 Å². The molecule has 9 nitrogen and oxygen atoms in total. The summed E-state index contributed by atoms with van der Waals surface area (Å²) in [6.45, 7) is 1.84. The van der Waals surface area contributed by atoms with Crippen LogP contribution in [0.2, 0.25) is 0 Å². The van der Waals surface area contributed by atoms with Crippen molar-refractivity contribution in [1.29, 1.82) is 0 Å². The standard InChI is InChI=1S/C30H24F7N3O3S.C3H8N2O/c1-43-23-10-7-18(40-11-3-2-4-12-40)15-20(23)27(41)39-25-19-8-5-16(29(32,33)34)13-24(19)44-26(25)28(42)38-17-6-9-22(31)21(14-17)30(35,36)37;1-5-2-3(4)6/h5-10,13-15H,2-4,11-12H2,1H3,(H,38,42)(H,39,41);5H,2H2,1H3,(H2,4,6). The van der Waals surface area contributed by atoms with Crippen molar-refractivity contribution >= 4 is 56.2 Å². The second-order valence-corrected chi connectivity index (χ2v) is 12.1. The summed E-state index contributed by atoms with van der Waals surface area (Å²) < 4.78 is 99.2. The number of alkyl halides is 6. The van der Waals surface area contributed by atoms with Gasteiger partial charge in [0.25, 0.3) is 11.8 Å². The van der Waals surface area contributed by atoms with Gasteiger partial charge in [0.05, 0.1) is 36.0 Å². The summed E-state index contributed by atoms with van der Waals surface area (Å²) in [6, 6.07) is 9.57. The highest BCUT2D eigenvalue weighted by Crippen LogP contribution is 2.41. The van der Waals surface area contributed by atoms with Crippen molar-refractivity contribution in [3.8, 4) is 5.75 Å². The number of nitrogens with one attached hydrogen (secondary N) is 3. The minimum absolute atomic E-state index is 0.00982. The van der Waals surface area contributed by atoms with Gasteiger partial charge in [-0.25, -0.2) is 4.39 Å². The zero-order valence-corrected chi connectivity index (χ0v) is 27.5. The number of carbonyl (C=O) groups excluding carboxylic acids is 3. The number of primary amides is 1. The fourth-order valence-corrected chi connectivity index (χ4v) is 6.24. The molecule has 0 atom stereocenters. The molecule has 5 rings (SSSR count). The Labute approximate surface area is 285 Å². The normalized spacial score (nSPS) is 13.3. The van der Waals surface area contributed by atoms with Gasteiger partial charge in [0.1, 0.15) is 16.4 Å². The van der Waals surface area contributed by atoms with Gasteiger partial charge in [-0.2, -0.15) is 26.3 Å². The molecule has 0 radical (unpaired) electrons. The Balaban J connectivity index is 0.000000860. The Morgan fingerprint density at radius 1 is 0.880 bits per heavy atom. The molecule has 5 N–H and O–H groups in total. The molecule has 0 unspecified atom stereocenters. The van der Waals surface area contributed by atoms with Crippen LogP contribution in [0.1, 0.15) is 50.4 Å². The molecule has 50 heavy (non-hydrogen) atoms. The molecule has 4 aromatic rings. The van der Waals surface area contributed by atoms with E-state index in [1.807, 2.05) is 0 Å². The lowest BCUT2D eigenvalue weighted by molar-refractivity contribution is -0.140. The number of hydrogen-bond donors (Lipinski definition) is 4. The minimum Gasteiger partial charge on any atom is -0.496 e. The minimum atomic E-state index is -5.04. The predicted octanol–water partition coefficient (Wildman–Crippen LogP) is 7.27. The Morgan fingerprint density at radius 2 is 1.58 bits per heavy atom. The quantitative estimate of drug-likeness (QED) is 0.142. The van der Waals surface area contributed by atoms with Gasteiger partial charge >= 0.3 is 12.4 Å². The highest BCUT2D eigenvalue weighted by Gasteiger charge is 2.35. The molecule has 0 spiro atoms. The highest BCUT2D eigenvalue weighted by atomic mass is 32.1. The molecule has 1 aliphatic rings. The number of methoxy groups -OCH3 is 1. The molecule has 3 aromatic carbocycles. The molecule has 1 saturated heterocycles. The summed E-state index contributed by atoms with van der Waals surface area (Å²) in [6.07, 6.45) is -6.70. The van der Waals surface area contributed by atoms with Gasteiger partial charge in [0.2, 0.25) is 5.91 Å². The molecule has 1 fully saturated rings. The first-order valence-electron chi connectivity index (χ1n) is 15.0. The number of likely N-dealkylation sites (N-methyl/N-ethyl adjacent to an activating group) is 1. The lowest BCUT2D eigenvalue weighted by Crippen LogP contribution is -2.29. The van der Waals surface area contributed by atoms with Crippen molar-refractivity contribution in [2.75, 3.05) is 49.3 Å². The van der Waals surface area contributed by atoms with E-state index in [0.717, 1.165) is 62.3 Å². The Morgan fingerprint density at radius 3 is 2.16 bits per heavy atom. The number of benzene rings is 3. The van der Waals surface area contributed by atoms with Gasteiger partial charge in [-0.1, -0.05) is 6.07 Å². The largest absolute Gasteiger partial charge is 0.496 e. The van der Waals surface area contributed by atoms with E-state index in [1.165, 1.54) is 7.11 Å². The highest BCUT2D eigenvalue weighted by molar-refractivity contribution is 7.21. The first kappa shape index (κ1) is 37.9. The van der Waals surface area contributed by atoms with E-state index in [-0.39, 0.29) is 44.4 Å². The van der Waals surface area contributed by atoms with Crippen LogP contribution in [0.3, 0.4) is 0 Å². The van der Waals surface area contributed by atoms with Crippen molar-refractivity contribution < 1.29 is 49.9 Å². The lowest BCUT2D eigenvalue weighted by Gasteiger charge is -2.29. The monoisotopic (exact) mass is 727 g/mol. The van der Waals surface area contributed by atoms with Gasteiger partial charge in [-0.05, 0) is 74.8 Å². The molecule has 2 heterocycles. The number of ether oxygens (including phenoxy) is 1. The molecule has 1 aliphatic heterocycles. The van der Waals surface area contributed by atoms with Gasteiger partial charge in [-0.15, -0.1) is 11.3 Å². The van der Waals surface area contributed by atoms with E-state index in [2.05, 4.69) is 20.9 Å². The number of anilines is 3. The molecule has 268 valence electrons. The molecule has 0 saturated carbocycles. The van der Waals surface area contributed by atoms with E-state index < -0.39 is 46.8 Å². The number of nitrogens with zero attached hydrogens (tertiary/aromatic N) is 1. The summed E-state index contributed by atoms with van der Waals surface area (Å²) in [5, 5.41) is 7.54. The third-order valence-corrected chi connectivity index (χ3v) is 8.64. The first-order valence-corrected chi connectivity index (χ1v) is 15.8. The number of amides is 3. The topological polar surface area (TPSA) is 126 Å². The summed E-state index contributed by atoms with van der Waals surface area (Å²) in [7, 11) is 3.03. The average molecular weight is 728 g/mol. The molecule has 17 heteroatoms. The van der Waals surface area contributed by atoms with Crippen molar-refractivity contribution in [3.05, 3.63) is 82.0 Å². The SMILES string of the molecule is CNCC(N)=O.COc1ccc(N2CCCCC2)cc1C(=O)Nc1c(C(=O)Nc2ccc(F)c(C(F)(F)F)c2)sc2cc(C(F)(F)F)ccc12. The van der Waals surface area contributed by atoms with Crippen LogP contribution in [-0.2, 0) is 17.1 Å². The Bertz CT molecular complexity index is 1870. The van der Waals surface area contributed by atoms with Crippen LogP contribution in [0, 0.1) is 5.82 Å². The van der Waals surface area contributed by atoms with E-state index >= 15 is 0 Å². The number of fused-ring (bicyclic) bond motifs is 1. The van der Waals surface area contributed by atoms with Crippen LogP contribution in [0.5, 0.6) is 5.75 Å². The number of thiophene rings is 1. The number of carbonyl (C=O) groups is 3. The van der Waals surface area contributed by atoms with Crippen LogP contribution in [-0.4, -0.2) is 51.5 Å². The van der Waals surface area contributed by atoms with Gasteiger partial charge < -0.3 is 31.3 Å². The summed E-state index contributed by atoms with van der Waals surface area (Å²) in [5.41, 5.74) is 2.38. The van der Waals surface area contributed by atoms with E-state index in [0.29, 0.717) is 23.5 Å². The fraction of sp³-hybridized carbons (Fsp3) is 0.303. The molecule has 0 aliphatic carbocycles. The number of hydrogen-bond acceptors (Lipinski definition) is 7. The number of halogens is 7. The van der Waals surface area contributed by atoms with Crippen molar-refractivity contribution in [3.63, 3.8) is 0 Å². The average Bonchev–Trinajstić information content (AvgIpc) is 3.42. The molecular weight excluding hydrogens is 695 g/mol. The van der Waals surface area contributed by atoms with Gasteiger partial charge in [0.15, 0.2) is 0 Å². The lowest BCUT2D eigenvalue weighted by atomic mass is 10.1. The fourth-order valence-electron chi connectivity index (χ4n) is 5.14. The van der Waals surface area contributed by atoms with Crippen molar-refractivity contribution in [2.45, 2.75) is 31.6 Å². The van der Waals surface area contributed by atoms with Gasteiger partial charge in [0, 0.05) is 34.6 Å². The summed E-state index contributed by atoms with van der Waals surface area (Å²) in [4.78, 5) is 38.6. The van der Waals surface area contributed by atoms with E-state index in [4.69, 9.17) is 10.5 Å². The second-order valence-electron chi connectivity index (χ2n) is 11.0. The van der Waals surface area contributed by atoms with Crippen LogP contribution < -0.4 is 31.3 Å². The number of piperidine rings is 1. The number of rotatable bonds is 8. The van der Waals surface area contributed by atoms with E-state index in [9.17, 15) is 45.1 Å². The van der Waals surface area contributed by atoms with Crippen LogP contribution in [0.25, 0.3) is 10.1 Å². The molecule has 0 bridgehead atoms. The summed E-state index contributed by atoms with van der Waals surface area (Å²) >= 11 is 0.605. The molecule has 1 aromatic heterocycles. The molecular formula is C33H32F7N5O4S. The van der Waals surface area contributed by atoms with Crippen LogP contribution in [0.15, 0.2) is 54.6 Å². The third-order valence-electron chi connectivity index (χ3n) is 7.49. The second kappa shape index (κ2) is 15.8. The Kier molecular flexibility index (Phi) is 11.9. The Hall–Kier alpha value is -4.90. The maximum Gasteiger partial charge on any atom is 0.419 e. The smallest absolute Gasteiger partial charge is 0.419 e. The van der Waals surface area contributed by atoms with Crippen molar-refractivity contribution in [2.24, 2.45) is 5.73 Å². The van der Waals surface area contributed by atoms with Crippen LogP contribution >= 0.6 is 11.3 Å². The summed E-state index contributed by atoms with van der Waals surface area (Å²) in [5.74, 6) is -3.42. The predicted molar refractivity (Wildman–Crippen MR) is 176 cm³/mol. The van der Waals surface area contributed by atoms with Gasteiger partial charge in [-0.3, -0.25) is 14.4 Å².